The molecule has 2 amide bonds. The van der Waals surface area contributed by atoms with Crippen molar-refractivity contribution >= 4 is 23.8 Å². The number of hydrogen-bond acceptors (Lipinski definition) is 8. The van der Waals surface area contributed by atoms with Gasteiger partial charge < -0.3 is 35.4 Å². The van der Waals surface area contributed by atoms with Crippen molar-refractivity contribution in [2.75, 3.05) is 13.2 Å². The van der Waals surface area contributed by atoms with E-state index in [9.17, 15) is 39.6 Å². The fraction of sp³-hybridized carbons (Fsp3) is 0.677. The summed E-state index contributed by atoms with van der Waals surface area (Å²) in [5.74, 6) is -3.76. The number of hydrogen-bond donors (Lipinski definition) is 5. The van der Waals surface area contributed by atoms with E-state index in [4.69, 9.17) is 4.74 Å². The summed E-state index contributed by atoms with van der Waals surface area (Å²) in [4.78, 5) is 52.5. The van der Waals surface area contributed by atoms with Crippen LogP contribution >= 0.6 is 0 Å². The number of nitrogens with one attached hydrogen (secondary N) is 1. The fourth-order valence-corrected chi connectivity index (χ4v) is 7.51. The van der Waals surface area contributed by atoms with Gasteiger partial charge in [-0.3, -0.25) is 14.4 Å². The summed E-state index contributed by atoms with van der Waals surface area (Å²) >= 11 is 0. The van der Waals surface area contributed by atoms with Crippen LogP contribution in [0.5, 0.6) is 11.5 Å². The number of aromatic hydroxyl groups is 2. The summed E-state index contributed by atoms with van der Waals surface area (Å²) < 4.78 is 5.65. The first kappa shape index (κ1) is 31.6. The van der Waals surface area contributed by atoms with E-state index in [1.165, 1.54) is 36.4 Å². The van der Waals surface area contributed by atoms with Gasteiger partial charge in [-0.15, -0.1) is 0 Å². The van der Waals surface area contributed by atoms with Gasteiger partial charge in [0, 0.05) is 13.0 Å². The van der Waals surface area contributed by atoms with E-state index in [0.717, 1.165) is 12.8 Å². The Bertz CT molecular complexity index is 1220. The van der Waals surface area contributed by atoms with E-state index in [2.05, 4.69) is 26.1 Å². The molecule has 0 radical (unpaired) electrons. The average molecular weight is 589 g/mol. The number of carboxylic acid groups (broad SMARTS) is 1. The number of carbonyl (C=O) groups excluding carboxylic acids is 3. The molecule has 232 valence electrons. The maximum absolute atomic E-state index is 13.6. The summed E-state index contributed by atoms with van der Waals surface area (Å²) in [5.41, 5.74) is 1.03. The second kappa shape index (κ2) is 12.1. The predicted octanol–water partition coefficient (Wildman–Crippen LogP) is 2.59. The summed E-state index contributed by atoms with van der Waals surface area (Å²) in [6, 6.07) is 1.75. The predicted molar refractivity (Wildman–Crippen MR) is 151 cm³/mol. The molecule has 3 fully saturated rings. The molecule has 11 nitrogen and oxygen atoms in total. The molecule has 0 aromatic heterocycles. The first-order chi connectivity index (χ1) is 19.7. The monoisotopic (exact) mass is 588 g/mol. The third-order valence-corrected chi connectivity index (χ3v) is 10.3. The van der Waals surface area contributed by atoms with Crippen LogP contribution in [0.4, 0.5) is 0 Å². The molecule has 1 aliphatic heterocycles. The van der Waals surface area contributed by atoms with E-state index < -0.39 is 53.6 Å². The van der Waals surface area contributed by atoms with Crippen LogP contribution in [0, 0.1) is 28.6 Å². The highest BCUT2D eigenvalue weighted by Crippen LogP contribution is 2.78. The van der Waals surface area contributed by atoms with Gasteiger partial charge in [-0.2, -0.15) is 0 Å². The number of carbonyl (C=O) groups is 4. The van der Waals surface area contributed by atoms with E-state index >= 15 is 0 Å². The Hall–Kier alpha value is -3.34. The Kier molecular flexibility index (Phi) is 9.11. The minimum Gasteiger partial charge on any atom is -0.504 e. The van der Waals surface area contributed by atoms with Crippen LogP contribution in [-0.4, -0.2) is 80.4 Å². The number of aliphatic hydroxyl groups excluding tert-OH is 1. The number of phenols is 2. The van der Waals surface area contributed by atoms with Crippen LogP contribution in [0.25, 0.3) is 0 Å². The highest BCUT2D eigenvalue weighted by Gasteiger charge is 2.72. The van der Waals surface area contributed by atoms with Crippen molar-refractivity contribution < 1.29 is 44.3 Å². The van der Waals surface area contributed by atoms with E-state index in [0.29, 0.717) is 41.1 Å². The molecule has 0 bridgehead atoms. The van der Waals surface area contributed by atoms with E-state index in [1.807, 2.05) is 0 Å². The SMILES string of the molecule is CC(CC(NC(=O)C(O)Cc1ccc(O)c(O)c1)C(=O)N1CCCC1C(=O)OCCC1CCC2(C)C1C2(C)C)C(=O)O. The van der Waals surface area contributed by atoms with Crippen LogP contribution in [0.2, 0.25) is 0 Å². The number of rotatable bonds is 12. The number of aliphatic hydroxyl groups is 1. The molecule has 42 heavy (non-hydrogen) atoms. The Labute approximate surface area is 246 Å². The topological polar surface area (TPSA) is 174 Å². The number of fused-ring (bicyclic) bond motifs is 1. The number of ether oxygens (including phenoxy) is 1. The third-order valence-electron chi connectivity index (χ3n) is 10.3. The summed E-state index contributed by atoms with van der Waals surface area (Å²) in [6.45, 7) is 8.89. The molecular formula is C31H44N2O9. The van der Waals surface area contributed by atoms with Crippen LogP contribution in [0.15, 0.2) is 18.2 Å². The van der Waals surface area contributed by atoms with Gasteiger partial charge in [0.2, 0.25) is 11.8 Å². The number of likely N-dealkylation sites (tertiary alicyclic amines) is 1. The Balaban J connectivity index is 1.36. The van der Waals surface area contributed by atoms with Crippen molar-refractivity contribution in [3.8, 4) is 11.5 Å². The standard InChI is InChI=1S/C31H44N2O9/c1-17(28(39)40)14-20(32-26(37)24(36)16-18-7-8-22(34)23(35)15-18)27(38)33-12-5-6-21(33)29(41)42-13-10-19-9-11-31(4)25(19)30(31,2)3/h7-8,15,17,19-21,24-25,34-36H,5-6,9-14,16H2,1-4H3,(H,32,37)(H,39,40). The summed E-state index contributed by atoms with van der Waals surface area (Å²) in [7, 11) is 0. The van der Waals surface area contributed by atoms with Gasteiger partial charge in [0.05, 0.1) is 12.5 Å². The second-order valence-electron chi connectivity index (χ2n) is 13.1. The quantitative estimate of drug-likeness (QED) is 0.182. The van der Waals surface area contributed by atoms with Crippen molar-refractivity contribution in [1.82, 2.24) is 10.2 Å². The molecular weight excluding hydrogens is 544 g/mol. The highest BCUT2D eigenvalue weighted by molar-refractivity contribution is 5.92. The number of benzene rings is 1. The normalized spacial score (nSPS) is 27.9. The number of esters is 1. The molecule has 0 spiro atoms. The minimum atomic E-state index is -1.61. The lowest BCUT2D eigenvalue weighted by molar-refractivity contribution is -0.155. The smallest absolute Gasteiger partial charge is 0.328 e. The zero-order chi connectivity index (χ0) is 31.0. The van der Waals surface area contributed by atoms with Gasteiger partial charge in [0.1, 0.15) is 18.2 Å². The molecule has 3 aliphatic rings. The Morgan fingerprint density at radius 2 is 1.83 bits per heavy atom. The van der Waals surface area contributed by atoms with Crippen molar-refractivity contribution in [2.24, 2.45) is 28.6 Å². The molecule has 1 aromatic rings. The molecule has 7 unspecified atom stereocenters. The van der Waals surface area contributed by atoms with Gasteiger partial charge >= 0.3 is 11.9 Å². The van der Waals surface area contributed by atoms with Crippen molar-refractivity contribution in [1.29, 1.82) is 0 Å². The number of nitrogens with zero attached hydrogens (tertiary/aromatic N) is 1. The number of phenolic OH excluding ortho intramolecular Hbond substituents is 2. The summed E-state index contributed by atoms with van der Waals surface area (Å²) in [6.07, 6.45) is 1.99. The molecule has 5 N–H and O–H groups in total. The molecule has 1 saturated heterocycles. The fourth-order valence-electron chi connectivity index (χ4n) is 7.51. The zero-order valence-electron chi connectivity index (χ0n) is 24.8. The average Bonchev–Trinajstić information content (AvgIpc) is 3.34. The van der Waals surface area contributed by atoms with Gasteiger partial charge in [-0.05, 0) is 78.9 Å². The second-order valence-corrected chi connectivity index (χ2v) is 13.1. The van der Waals surface area contributed by atoms with E-state index in [1.54, 1.807) is 0 Å². The number of aliphatic carboxylic acids is 1. The van der Waals surface area contributed by atoms with Crippen molar-refractivity contribution in [3.63, 3.8) is 0 Å². The van der Waals surface area contributed by atoms with Gasteiger partial charge in [-0.25, -0.2) is 4.79 Å². The first-order valence-electron chi connectivity index (χ1n) is 14.9. The third kappa shape index (κ3) is 6.21. The van der Waals surface area contributed by atoms with Gasteiger partial charge in [0.15, 0.2) is 11.5 Å². The molecule has 1 aromatic carbocycles. The lowest BCUT2D eigenvalue weighted by Gasteiger charge is -2.29. The maximum atomic E-state index is 13.6. The molecule has 1 heterocycles. The lowest BCUT2D eigenvalue weighted by atomic mass is 9.88. The zero-order valence-corrected chi connectivity index (χ0v) is 24.8. The largest absolute Gasteiger partial charge is 0.504 e. The highest BCUT2D eigenvalue weighted by atomic mass is 16.5. The Morgan fingerprint density at radius 1 is 1.12 bits per heavy atom. The van der Waals surface area contributed by atoms with Gasteiger partial charge in [-0.1, -0.05) is 33.8 Å². The van der Waals surface area contributed by atoms with Crippen LogP contribution < -0.4 is 5.32 Å². The van der Waals surface area contributed by atoms with E-state index in [-0.39, 0.29) is 31.7 Å². The van der Waals surface area contributed by atoms with Gasteiger partial charge in [0.25, 0.3) is 0 Å². The van der Waals surface area contributed by atoms with Crippen LogP contribution in [-0.2, 0) is 30.3 Å². The number of carboxylic acids is 1. The Morgan fingerprint density at radius 3 is 2.45 bits per heavy atom. The minimum absolute atomic E-state index is 0.216. The maximum Gasteiger partial charge on any atom is 0.328 e. The van der Waals surface area contributed by atoms with Crippen molar-refractivity contribution in [3.05, 3.63) is 23.8 Å². The molecule has 7 atom stereocenters. The van der Waals surface area contributed by atoms with Crippen molar-refractivity contribution in [2.45, 2.75) is 90.8 Å². The van der Waals surface area contributed by atoms with Crippen LogP contribution in [0.3, 0.4) is 0 Å². The number of amides is 2. The lowest BCUT2D eigenvalue weighted by Crippen LogP contribution is -2.54. The molecule has 2 saturated carbocycles. The molecule has 2 aliphatic carbocycles. The molecule has 4 rings (SSSR count). The molecule has 11 heteroatoms. The first-order valence-corrected chi connectivity index (χ1v) is 14.9. The van der Waals surface area contributed by atoms with Crippen LogP contribution in [0.1, 0.15) is 71.8 Å². The summed E-state index contributed by atoms with van der Waals surface area (Å²) in [5, 5.41) is 41.6.